The Morgan fingerprint density at radius 3 is 2.57 bits per heavy atom. The zero-order chi connectivity index (χ0) is 26.3. The monoisotopic (exact) mass is 548 g/mol. The van der Waals surface area contributed by atoms with Gasteiger partial charge in [-0.15, -0.1) is 4.40 Å². The summed E-state index contributed by atoms with van der Waals surface area (Å²) in [6, 6.07) is 4.03. The molecule has 5 aliphatic rings. The molecule has 3 saturated carbocycles. The fourth-order valence-corrected chi connectivity index (χ4v) is 9.20. The number of rotatable bonds is 7. The molecule has 6 rings (SSSR count). The van der Waals surface area contributed by atoms with E-state index >= 15 is 0 Å². The van der Waals surface area contributed by atoms with Crippen LogP contribution in [0.5, 0.6) is 0 Å². The molecule has 3 unspecified atom stereocenters. The van der Waals surface area contributed by atoms with Crippen LogP contribution in [0.15, 0.2) is 27.5 Å². The van der Waals surface area contributed by atoms with Crippen molar-refractivity contribution in [1.82, 2.24) is 4.90 Å². The van der Waals surface area contributed by atoms with Crippen LogP contribution in [0.1, 0.15) is 52.4 Å². The van der Waals surface area contributed by atoms with Gasteiger partial charge < -0.3 is 10.2 Å². The number of nitrogens with zero attached hydrogens (tertiary/aromatic N) is 2. The largest absolute Gasteiger partial charge is 0.341 e. The number of amidine groups is 1. The Morgan fingerprint density at radius 1 is 1.14 bits per heavy atom. The highest BCUT2D eigenvalue weighted by Gasteiger charge is 2.60. The Bertz CT molecular complexity index is 1420. The first-order chi connectivity index (χ1) is 17.5. The number of anilines is 2. The lowest BCUT2D eigenvalue weighted by Crippen LogP contribution is -2.62. The molecule has 5 atom stereocenters. The van der Waals surface area contributed by atoms with Gasteiger partial charge >= 0.3 is 0 Å². The van der Waals surface area contributed by atoms with E-state index in [9.17, 15) is 26.4 Å². The molecule has 0 radical (unpaired) electrons. The molecule has 10 nitrogen and oxygen atoms in total. The standard InChI is InChI=1S/C25H32N4O6S2/c1-13(2)9-10-29-22-15-4-3-14(11-15)20(22)23(30)21(25(29)31)24-26-18-8-5-16(12-19(18)37(34,35)28-24)27-36(32,33)17-6-7-17/h5,8,12-15,17,20-22,27H,3-4,6-7,9-11H2,1-2H3,(H,26,28)/t14-,15+,20?,21?,22?/m0/s1. The molecule has 37 heavy (non-hydrogen) atoms. The minimum atomic E-state index is -4.28. The number of likely N-dealkylation sites (tertiary alicyclic amines) is 1. The molecule has 2 N–H and O–H groups in total. The van der Waals surface area contributed by atoms with Crippen molar-refractivity contribution in [3.8, 4) is 0 Å². The Labute approximate surface area is 217 Å². The van der Waals surface area contributed by atoms with Crippen molar-refractivity contribution in [2.45, 2.75) is 68.6 Å². The molecule has 2 bridgehead atoms. The van der Waals surface area contributed by atoms with Gasteiger partial charge in [0.1, 0.15) is 10.7 Å². The molecular formula is C25H32N4O6S2. The van der Waals surface area contributed by atoms with E-state index in [0.29, 0.717) is 31.2 Å². The van der Waals surface area contributed by atoms with Crippen molar-refractivity contribution >= 4 is 48.9 Å². The highest BCUT2D eigenvalue weighted by atomic mass is 32.2. The predicted molar refractivity (Wildman–Crippen MR) is 138 cm³/mol. The lowest BCUT2D eigenvalue weighted by molar-refractivity contribution is -0.152. The van der Waals surface area contributed by atoms with Gasteiger partial charge in [-0.1, -0.05) is 13.8 Å². The normalized spacial score (nSPS) is 32.1. The summed E-state index contributed by atoms with van der Waals surface area (Å²) in [6.45, 7) is 4.71. The minimum Gasteiger partial charge on any atom is -0.341 e. The quantitative estimate of drug-likeness (QED) is 0.499. The molecule has 1 aromatic carbocycles. The first kappa shape index (κ1) is 24.8. The average molecular weight is 549 g/mol. The zero-order valence-electron chi connectivity index (χ0n) is 20.9. The smallest absolute Gasteiger partial charge is 0.286 e. The van der Waals surface area contributed by atoms with Crippen LogP contribution in [-0.4, -0.2) is 57.1 Å². The second-order valence-corrected chi connectivity index (χ2v) is 15.1. The van der Waals surface area contributed by atoms with Crippen molar-refractivity contribution in [2.24, 2.45) is 34.0 Å². The summed E-state index contributed by atoms with van der Waals surface area (Å²) in [5.74, 6) is -1.44. The first-order valence-electron chi connectivity index (χ1n) is 13.1. The molecule has 2 aliphatic heterocycles. The number of amides is 1. The number of ketones is 1. The summed E-state index contributed by atoms with van der Waals surface area (Å²) < 4.78 is 57.4. The molecule has 1 saturated heterocycles. The van der Waals surface area contributed by atoms with Gasteiger partial charge in [0, 0.05) is 24.2 Å². The number of hydrogen-bond acceptors (Lipinski definition) is 7. The molecule has 4 fully saturated rings. The van der Waals surface area contributed by atoms with Crippen molar-refractivity contribution in [3.05, 3.63) is 18.2 Å². The van der Waals surface area contributed by atoms with Gasteiger partial charge in [0.25, 0.3) is 10.0 Å². The van der Waals surface area contributed by atoms with E-state index in [1.807, 2.05) is 4.90 Å². The van der Waals surface area contributed by atoms with Gasteiger partial charge in [-0.25, -0.2) is 8.42 Å². The highest BCUT2D eigenvalue weighted by molar-refractivity contribution is 7.93. The molecule has 0 spiro atoms. The van der Waals surface area contributed by atoms with Gasteiger partial charge in [-0.05, 0) is 74.5 Å². The van der Waals surface area contributed by atoms with Gasteiger partial charge in [0.05, 0.1) is 10.9 Å². The van der Waals surface area contributed by atoms with E-state index in [0.717, 1.165) is 25.7 Å². The summed E-state index contributed by atoms with van der Waals surface area (Å²) in [4.78, 5) is 29.2. The van der Waals surface area contributed by atoms with E-state index in [1.165, 1.54) is 18.2 Å². The van der Waals surface area contributed by atoms with Crippen molar-refractivity contribution in [3.63, 3.8) is 0 Å². The maximum absolute atomic E-state index is 13.8. The number of nitrogens with one attached hydrogen (secondary N) is 2. The first-order valence-corrected chi connectivity index (χ1v) is 16.1. The third-order valence-corrected chi connectivity index (χ3v) is 11.8. The third kappa shape index (κ3) is 4.16. The SMILES string of the molecule is CC(C)CCN1C(=O)C(C2=NS(=O)(=O)c3cc(NS(=O)(=O)C4CC4)ccc3N2)C(=O)C2C1[C@@H]1CC[C@H]2C1. The number of sulfonamides is 2. The number of hydrogen-bond donors (Lipinski definition) is 2. The summed E-state index contributed by atoms with van der Waals surface area (Å²) in [5, 5.41) is 2.48. The van der Waals surface area contributed by atoms with Crippen molar-refractivity contribution in [1.29, 1.82) is 0 Å². The van der Waals surface area contributed by atoms with Crippen LogP contribution < -0.4 is 10.0 Å². The fourth-order valence-electron chi connectivity index (χ4n) is 6.64. The van der Waals surface area contributed by atoms with E-state index < -0.39 is 31.2 Å². The maximum atomic E-state index is 13.8. The molecule has 1 amide bonds. The maximum Gasteiger partial charge on any atom is 0.286 e. The molecular weight excluding hydrogens is 516 g/mol. The topological polar surface area (TPSA) is 142 Å². The molecule has 2 heterocycles. The summed E-state index contributed by atoms with van der Waals surface area (Å²) in [7, 11) is -7.85. The van der Waals surface area contributed by atoms with Crippen LogP contribution in [-0.2, 0) is 29.6 Å². The second kappa shape index (κ2) is 8.52. The van der Waals surface area contributed by atoms with E-state index in [-0.39, 0.29) is 51.7 Å². The fraction of sp³-hybridized carbons (Fsp3) is 0.640. The lowest BCUT2D eigenvalue weighted by Gasteiger charge is -2.46. The van der Waals surface area contributed by atoms with Gasteiger partial charge in [0.15, 0.2) is 11.7 Å². The second-order valence-electron chi connectivity index (χ2n) is 11.5. The molecule has 200 valence electrons. The van der Waals surface area contributed by atoms with Gasteiger partial charge in [-0.3, -0.25) is 14.3 Å². The Kier molecular flexibility index (Phi) is 5.72. The number of benzene rings is 1. The highest BCUT2D eigenvalue weighted by Crippen LogP contribution is 2.54. The number of carbonyl (C=O) groups excluding carboxylic acids is 2. The lowest BCUT2D eigenvalue weighted by atomic mass is 9.73. The summed E-state index contributed by atoms with van der Waals surface area (Å²) >= 11 is 0. The number of piperidine rings is 1. The molecule has 0 aromatic heterocycles. The number of Topliss-reactive ketones (excluding diaryl/α,β-unsaturated/α-hetero) is 1. The minimum absolute atomic E-state index is 0.108. The molecule has 3 aliphatic carbocycles. The van der Waals surface area contributed by atoms with Crippen molar-refractivity contribution < 1.29 is 26.4 Å². The Balaban J connectivity index is 1.32. The molecule has 12 heteroatoms. The van der Waals surface area contributed by atoms with E-state index in [1.54, 1.807) is 0 Å². The Morgan fingerprint density at radius 2 is 1.86 bits per heavy atom. The van der Waals surface area contributed by atoms with Crippen molar-refractivity contribution in [2.75, 3.05) is 16.6 Å². The van der Waals surface area contributed by atoms with E-state index in [2.05, 4.69) is 28.3 Å². The van der Waals surface area contributed by atoms with Crippen LogP contribution in [0.2, 0.25) is 0 Å². The summed E-state index contributed by atoms with van der Waals surface area (Å²) in [6.07, 6.45) is 4.86. The van der Waals surface area contributed by atoms with Crippen LogP contribution in [0.3, 0.4) is 0 Å². The predicted octanol–water partition coefficient (Wildman–Crippen LogP) is 2.59. The van der Waals surface area contributed by atoms with Gasteiger partial charge in [-0.2, -0.15) is 8.42 Å². The molecule has 1 aromatic rings. The van der Waals surface area contributed by atoms with Crippen LogP contribution in [0, 0.1) is 29.6 Å². The zero-order valence-corrected chi connectivity index (χ0v) is 22.5. The van der Waals surface area contributed by atoms with Gasteiger partial charge in [0.2, 0.25) is 15.9 Å². The average Bonchev–Trinajstić information content (AvgIpc) is 3.49. The summed E-state index contributed by atoms with van der Waals surface area (Å²) in [5.41, 5.74) is 0.299. The van der Waals surface area contributed by atoms with E-state index in [4.69, 9.17) is 0 Å². The number of carbonyl (C=O) groups is 2. The van der Waals surface area contributed by atoms with Crippen LogP contribution in [0.25, 0.3) is 0 Å². The Hall–Kier alpha value is -2.47. The third-order valence-electron chi connectivity index (χ3n) is 8.56. The van der Waals surface area contributed by atoms with Crippen LogP contribution in [0.4, 0.5) is 11.4 Å². The van der Waals surface area contributed by atoms with Crippen LogP contribution >= 0.6 is 0 Å². The number of fused-ring (bicyclic) bond motifs is 6.